The summed E-state index contributed by atoms with van der Waals surface area (Å²) in [6, 6.07) is 6.54. The first-order valence-corrected chi connectivity index (χ1v) is 11.4. The van der Waals surface area contributed by atoms with Gasteiger partial charge in [0.25, 0.3) is 23.8 Å². The van der Waals surface area contributed by atoms with E-state index in [2.05, 4.69) is 4.98 Å². The number of alkyl halides is 4. The topological polar surface area (TPSA) is 81.7 Å². The minimum atomic E-state index is -3.53. The number of rotatable bonds is 5. The molecule has 0 bridgehead atoms. The van der Waals surface area contributed by atoms with Gasteiger partial charge in [-0.2, -0.15) is 14.0 Å². The number of benzene rings is 1. The standard InChI is InChI=1S/C25H18F5N5O2S/c1-4-7-25(29,30)16-8-14(6-5-13(16)11-31)34-22(37)24(2,3)35(23(34)38)15-9-17(26)21-32-18(20(27)28)10-19(36)33(21)12-15/h4-10,12,20H,1-3H3/b7-4+. The molecule has 1 aliphatic heterocycles. The first-order valence-electron chi connectivity index (χ1n) is 11.0. The number of thiocarbonyl (C=S) groups is 1. The maximum atomic E-state index is 15.0. The largest absolute Gasteiger partial charge is 0.302 e. The predicted octanol–water partition coefficient (Wildman–Crippen LogP) is 5.23. The summed E-state index contributed by atoms with van der Waals surface area (Å²) in [6.45, 7) is 4.29. The van der Waals surface area contributed by atoms with Gasteiger partial charge in [-0.3, -0.25) is 18.9 Å². The Morgan fingerprint density at radius 2 is 1.84 bits per heavy atom. The molecule has 2 aromatic heterocycles. The highest BCUT2D eigenvalue weighted by molar-refractivity contribution is 7.81. The van der Waals surface area contributed by atoms with Crippen molar-refractivity contribution in [3.05, 3.63) is 81.7 Å². The highest BCUT2D eigenvalue weighted by Crippen LogP contribution is 2.40. The Morgan fingerprint density at radius 3 is 2.45 bits per heavy atom. The Morgan fingerprint density at radius 1 is 1.16 bits per heavy atom. The third kappa shape index (κ3) is 4.20. The van der Waals surface area contributed by atoms with Crippen LogP contribution >= 0.6 is 12.2 Å². The van der Waals surface area contributed by atoms with Gasteiger partial charge in [0, 0.05) is 23.9 Å². The van der Waals surface area contributed by atoms with Crippen molar-refractivity contribution in [3.8, 4) is 6.07 Å². The van der Waals surface area contributed by atoms with Crippen molar-refractivity contribution in [1.29, 1.82) is 5.26 Å². The van der Waals surface area contributed by atoms with Crippen molar-refractivity contribution < 1.29 is 26.7 Å². The van der Waals surface area contributed by atoms with Gasteiger partial charge in [0.15, 0.2) is 16.6 Å². The third-order valence-corrected chi connectivity index (χ3v) is 6.35. The van der Waals surface area contributed by atoms with E-state index in [9.17, 15) is 32.4 Å². The molecule has 3 heterocycles. The summed E-state index contributed by atoms with van der Waals surface area (Å²) < 4.78 is 71.3. The quantitative estimate of drug-likeness (QED) is 0.247. The zero-order chi connectivity index (χ0) is 28.2. The first kappa shape index (κ1) is 26.9. The second kappa shape index (κ2) is 9.29. The number of carbonyl (C=O) groups is 1. The molecule has 0 aliphatic carbocycles. The van der Waals surface area contributed by atoms with Crippen molar-refractivity contribution in [3.63, 3.8) is 0 Å². The number of hydrogen-bond acceptors (Lipinski definition) is 5. The molecule has 0 N–H and O–H groups in total. The van der Waals surface area contributed by atoms with Gasteiger partial charge in [-0.25, -0.2) is 18.2 Å². The highest BCUT2D eigenvalue weighted by Gasteiger charge is 2.51. The van der Waals surface area contributed by atoms with Gasteiger partial charge >= 0.3 is 0 Å². The molecule has 3 aromatic rings. The van der Waals surface area contributed by atoms with Crippen molar-refractivity contribution in [2.24, 2.45) is 0 Å². The molecule has 13 heteroatoms. The van der Waals surface area contributed by atoms with Gasteiger partial charge in [0.05, 0.1) is 23.0 Å². The van der Waals surface area contributed by atoms with Gasteiger partial charge in [0.2, 0.25) is 0 Å². The van der Waals surface area contributed by atoms with Crippen LogP contribution in [0.4, 0.5) is 33.3 Å². The van der Waals surface area contributed by atoms with E-state index in [-0.39, 0.29) is 22.1 Å². The Balaban J connectivity index is 1.86. The van der Waals surface area contributed by atoms with Crippen LogP contribution in [-0.2, 0) is 10.7 Å². The fraction of sp³-hybridized carbons (Fsp3) is 0.240. The normalized spacial score (nSPS) is 15.8. The van der Waals surface area contributed by atoms with Crippen LogP contribution in [0.5, 0.6) is 0 Å². The van der Waals surface area contributed by atoms with Crippen molar-refractivity contribution in [1.82, 2.24) is 9.38 Å². The second-order valence-electron chi connectivity index (χ2n) is 8.84. The highest BCUT2D eigenvalue weighted by atomic mass is 32.1. The second-order valence-corrected chi connectivity index (χ2v) is 9.21. The summed E-state index contributed by atoms with van der Waals surface area (Å²) in [5.41, 5.74) is -5.11. The molecule has 0 radical (unpaired) electrons. The summed E-state index contributed by atoms with van der Waals surface area (Å²) in [7, 11) is 0. The lowest BCUT2D eigenvalue weighted by Crippen LogP contribution is -2.44. The van der Waals surface area contributed by atoms with Gasteiger partial charge in [-0.15, -0.1) is 0 Å². The average Bonchev–Trinajstić information content (AvgIpc) is 3.02. The van der Waals surface area contributed by atoms with E-state index in [1.807, 2.05) is 0 Å². The summed E-state index contributed by atoms with van der Waals surface area (Å²) in [4.78, 5) is 31.6. The van der Waals surface area contributed by atoms with Crippen LogP contribution in [0.2, 0.25) is 0 Å². The van der Waals surface area contributed by atoms with E-state index in [1.165, 1.54) is 31.7 Å². The Bertz CT molecular complexity index is 1630. The zero-order valence-corrected chi connectivity index (χ0v) is 20.9. The van der Waals surface area contributed by atoms with E-state index in [1.54, 1.807) is 6.07 Å². The summed E-state index contributed by atoms with van der Waals surface area (Å²) in [6.07, 6.45) is -0.269. The lowest BCUT2D eigenvalue weighted by atomic mass is 9.99. The van der Waals surface area contributed by atoms with Gasteiger partial charge in [-0.1, -0.05) is 6.08 Å². The molecule has 196 valence electrons. The lowest BCUT2D eigenvalue weighted by Gasteiger charge is -2.29. The summed E-state index contributed by atoms with van der Waals surface area (Å²) in [5.74, 6) is -5.31. The molecule has 38 heavy (non-hydrogen) atoms. The lowest BCUT2D eigenvalue weighted by molar-refractivity contribution is -0.120. The Hall–Kier alpha value is -4.18. The van der Waals surface area contributed by atoms with Crippen molar-refractivity contribution in [2.75, 3.05) is 9.80 Å². The van der Waals surface area contributed by atoms with Crippen LogP contribution in [0, 0.1) is 17.1 Å². The van der Waals surface area contributed by atoms with Crippen LogP contribution in [0.3, 0.4) is 0 Å². The van der Waals surface area contributed by atoms with Gasteiger partial charge in [0.1, 0.15) is 11.2 Å². The van der Waals surface area contributed by atoms with E-state index in [4.69, 9.17) is 12.2 Å². The van der Waals surface area contributed by atoms with E-state index in [0.717, 1.165) is 35.4 Å². The maximum Gasteiger partial charge on any atom is 0.293 e. The number of nitrogens with zero attached hydrogens (tertiary/aromatic N) is 5. The maximum absolute atomic E-state index is 15.0. The van der Waals surface area contributed by atoms with Crippen LogP contribution in [0.1, 0.15) is 44.0 Å². The Labute approximate surface area is 218 Å². The van der Waals surface area contributed by atoms with Crippen molar-refractivity contribution in [2.45, 2.75) is 38.7 Å². The molecule has 4 rings (SSSR count). The Kier molecular flexibility index (Phi) is 6.57. The molecule has 1 saturated heterocycles. The fourth-order valence-electron chi connectivity index (χ4n) is 4.20. The van der Waals surface area contributed by atoms with Crippen LogP contribution in [0.15, 0.2) is 53.5 Å². The molecule has 1 aliphatic rings. The van der Waals surface area contributed by atoms with Crippen LogP contribution in [-0.4, -0.2) is 25.9 Å². The van der Waals surface area contributed by atoms with Crippen molar-refractivity contribution >= 4 is 40.3 Å². The summed E-state index contributed by atoms with van der Waals surface area (Å²) >= 11 is 5.49. The molecular weight excluding hydrogens is 529 g/mol. The fourth-order valence-corrected chi connectivity index (χ4v) is 4.72. The molecule has 1 aromatic carbocycles. The molecule has 1 fully saturated rings. The van der Waals surface area contributed by atoms with E-state index in [0.29, 0.717) is 16.5 Å². The number of halogens is 5. The molecular formula is C25H18F5N5O2S. The minimum absolute atomic E-state index is 0.0598. The first-order chi connectivity index (χ1) is 17.7. The monoisotopic (exact) mass is 547 g/mol. The molecule has 7 nitrogen and oxygen atoms in total. The van der Waals surface area contributed by atoms with E-state index < -0.39 is 52.1 Å². The van der Waals surface area contributed by atoms with Crippen LogP contribution in [0.25, 0.3) is 5.65 Å². The molecule has 0 spiro atoms. The smallest absolute Gasteiger partial charge is 0.293 e. The predicted molar refractivity (Wildman–Crippen MR) is 133 cm³/mol. The number of aromatic nitrogens is 2. The summed E-state index contributed by atoms with van der Waals surface area (Å²) in [5, 5.41) is 9.11. The van der Waals surface area contributed by atoms with Gasteiger partial charge < -0.3 is 4.90 Å². The minimum Gasteiger partial charge on any atom is -0.302 e. The SMILES string of the molecule is C/C=C/C(F)(F)c1cc(N2C(=O)C(C)(C)N(c3cc(F)c4nc(C(F)F)cc(=O)n4c3)C2=S)ccc1C#N. The van der Waals surface area contributed by atoms with E-state index >= 15 is 4.39 Å². The number of hydrogen-bond donors (Lipinski definition) is 0. The number of fused-ring (bicyclic) bond motifs is 1. The zero-order valence-electron chi connectivity index (χ0n) is 20.0. The molecule has 1 amide bonds. The average molecular weight is 548 g/mol. The molecule has 0 atom stereocenters. The number of carbonyl (C=O) groups excluding carboxylic acids is 1. The third-order valence-electron chi connectivity index (χ3n) is 5.99. The number of pyridine rings is 1. The van der Waals surface area contributed by atoms with Gasteiger partial charge in [-0.05, 0) is 57.3 Å². The van der Waals surface area contributed by atoms with Crippen LogP contribution < -0.4 is 15.4 Å². The number of allylic oxidation sites excluding steroid dienone is 2. The number of anilines is 2. The number of nitriles is 1. The molecule has 0 saturated carbocycles. The molecule has 0 unspecified atom stereocenters. The number of amides is 1.